The molecular weight excluding hydrogens is 568 g/mol. The molecule has 0 saturated carbocycles. The SMILES string of the molecule is C=CCOC(=O)c1sc(N2C(=O)C(=O)C(=C(O)c3ccc(OCCCC)cc3)[C@H]2c2ccc(OCCCC)cc2)nc1C. The van der Waals surface area contributed by atoms with Gasteiger partial charge in [-0.2, -0.15) is 0 Å². The zero-order chi connectivity index (χ0) is 30.9. The Morgan fingerprint density at radius 3 is 2.14 bits per heavy atom. The summed E-state index contributed by atoms with van der Waals surface area (Å²) in [5, 5.41) is 11.6. The molecule has 1 N–H and O–H groups in total. The molecule has 0 spiro atoms. The van der Waals surface area contributed by atoms with E-state index in [1.54, 1.807) is 55.5 Å². The number of nitrogens with zero attached hydrogens (tertiary/aromatic N) is 2. The molecule has 3 aromatic rings. The lowest BCUT2D eigenvalue weighted by atomic mass is 9.95. The van der Waals surface area contributed by atoms with Crippen LogP contribution >= 0.6 is 11.3 Å². The summed E-state index contributed by atoms with van der Waals surface area (Å²) in [5.74, 6) is -1.39. The van der Waals surface area contributed by atoms with E-state index in [0.717, 1.165) is 37.0 Å². The van der Waals surface area contributed by atoms with Gasteiger partial charge in [0.05, 0.1) is 30.5 Å². The smallest absolute Gasteiger partial charge is 0.350 e. The van der Waals surface area contributed by atoms with Crippen molar-refractivity contribution in [1.82, 2.24) is 4.98 Å². The largest absolute Gasteiger partial charge is 0.507 e. The van der Waals surface area contributed by atoms with Gasteiger partial charge < -0.3 is 19.3 Å². The monoisotopic (exact) mass is 604 g/mol. The number of amides is 1. The van der Waals surface area contributed by atoms with Gasteiger partial charge in [-0.3, -0.25) is 14.5 Å². The van der Waals surface area contributed by atoms with Gasteiger partial charge >= 0.3 is 11.9 Å². The van der Waals surface area contributed by atoms with Gasteiger partial charge in [-0.25, -0.2) is 9.78 Å². The number of rotatable bonds is 14. The fraction of sp³-hybridized carbons (Fsp3) is 0.333. The molecule has 1 atom stereocenters. The number of thiazole rings is 1. The number of ether oxygens (including phenoxy) is 3. The second-order valence-corrected chi connectivity index (χ2v) is 10.9. The number of aromatic nitrogens is 1. The highest BCUT2D eigenvalue weighted by molar-refractivity contribution is 7.17. The number of Topliss-reactive ketones (excluding diaryl/α,β-unsaturated/α-hetero) is 1. The van der Waals surface area contributed by atoms with Crippen molar-refractivity contribution in [2.75, 3.05) is 24.7 Å². The Hall–Kier alpha value is -4.44. The quantitative estimate of drug-likeness (QED) is 0.0535. The fourth-order valence-corrected chi connectivity index (χ4v) is 5.49. The summed E-state index contributed by atoms with van der Waals surface area (Å²) in [6, 6.07) is 12.7. The standard InChI is InChI=1S/C33H36N2O7S/c1-5-8-19-40-24-14-10-22(11-15-24)27-26(28(36)23-12-16-25(17-13-23)41-20-9-6-2)29(37)31(38)35(27)33-34-21(4)30(43-33)32(39)42-18-7-3/h7,10-17,27,36H,3,5-6,8-9,18-20H2,1-2,4H3/t27-/m1/s1. The highest BCUT2D eigenvalue weighted by Gasteiger charge is 2.48. The minimum absolute atomic E-state index is 0.0190. The summed E-state index contributed by atoms with van der Waals surface area (Å²) in [6.07, 6.45) is 5.27. The first-order valence-electron chi connectivity index (χ1n) is 14.3. The molecule has 10 heteroatoms. The van der Waals surface area contributed by atoms with Crippen molar-refractivity contribution in [3.8, 4) is 11.5 Å². The zero-order valence-corrected chi connectivity index (χ0v) is 25.4. The van der Waals surface area contributed by atoms with Gasteiger partial charge in [0, 0.05) is 5.56 Å². The molecule has 1 aliphatic heterocycles. The lowest BCUT2D eigenvalue weighted by Gasteiger charge is -2.23. The average molecular weight is 605 g/mol. The second-order valence-electron chi connectivity index (χ2n) is 9.96. The number of benzene rings is 2. The van der Waals surface area contributed by atoms with Crippen LogP contribution in [-0.4, -0.2) is 47.6 Å². The minimum atomic E-state index is -1.01. The normalized spacial score (nSPS) is 15.9. The molecule has 0 aliphatic carbocycles. The molecule has 1 saturated heterocycles. The van der Waals surface area contributed by atoms with E-state index >= 15 is 0 Å². The third-order valence-electron chi connectivity index (χ3n) is 6.81. The lowest BCUT2D eigenvalue weighted by Crippen LogP contribution is -2.29. The van der Waals surface area contributed by atoms with Gasteiger partial charge in [-0.05, 0) is 61.7 Å². The van der Waals surface area contributed by atoms with Crippen LogP contribution < -0.4 is 14.4 Å². The second kappa shape index (κ2) is 14.6. The fourth-order valence-electron chi connectivity index (χ4n) is 4.50. The Morgan fingerprint density at radius 1 is 1.00 bits per heavy atom. The first kappa shape index (κ1) is 31.5. The molecule has 1 aliphatic rings. The highest BCUT2D eigenvalue weighted by Crippen LogP contribution is 2.44. The number of unbranched alkanes of at least 4 members (excludes halogenated alkanes) is 2. The van der Waals surface area contributed by atoms with E-state index in [-0.39, 0.29) is 27.9 Å². The number of carbonyl (C=O) groups is 3. The Morgan fingerprint density at radius 2 is 1.58 bits per heavy atom. The maximum Gasteiger partial charge on any atom is 0.350 e. The summed E-state index contributed by atoms with van der Waals surface area (Å²) in [7, 11) is 0. The molecule has 0 unspecified atom stereocenters. The van der Waals surface area contributed by atoms with Crippen molar-refractivity contribution in [3.63, 3.8) is 0 Å². The van der Waals surface area contributed by atoms with Crippen molar-refractivity contribution in [2.24, 2.45) is 0 Å². The predicted molar refractivity (Wildman–Crippen MR) is 166 cm³/mol. The summed E-state index contributed by atoms with van der Waals surface area (Å²) < 4.78 is 16.7. The van der Waals surface area contributed by atoms with E-state index in [1.165, 1.54) is 11.0 Å². The number of aliphatic hydroxyl groups is 1. The van der Waals surface area contributed by atoms with E-state index in [1.807, 2.05) is 0 Å². The molecule has 9 nitrogen and oxygen atoms in total. The third kappa shape index (κ3) is 7.14. The molecule has 43 heavy (non-hydrogen) atoms. The highest BCUT2D eigenvalue weighted by atomic mass is 32.1. The van der Waals surface area contributed by atoms with E-state index < -0.39 is 23.7 Å². The van der Waals surface area contributed by atoms with Crippen LogP contribution in [-0.2, 0) is 14.3 Å². The molecule has 4 rings (SSSR count). The van der Waals surface area contributed by atoms with Gasteiger partial charge in [-0.15, -0.1) is 0 Å². The Labute approximate surface area is 255 Å². The first-order valence-corrected chi connectivity index (χ1v) is 15.1. The third-order valence-corrected chi connectivity index (χ3v) is 7.95. The number of carbonyl (C=O) groups excluding carboxylic acids is 3. The van der Waals surface area contributed by atoms with Crippen molar-refractivity contribution < 1.29 is 33.7 Å². The van der Waals surface area contributed by atoms with E-state index in [9.17, 15) is 19.5 Å². The van der Waals surface area contributed by atoms with E-state index in [0.29, 0.717) is 41.5 Å². The maximum absolute atomic E-state index is 13.6. The Bertz CT molecular complexity index is 1490. The van der Waals surface area contributed by atoms with Crippen LogP contribution in [0.3, 0.4) is 0 Å². The molecule has 2 heterocycles. The van der Waals surface area contributed by atoms with Gasteiger partial charge in [-0.1, -0.05) is 62.8 Å². The number of hydrogen-bond acceptors (Lipinski definition) is 9. The van der Waals surface area contributed by atoms with Gasteiger partial charge in [0.1, 0.15) is 28.7 Å². The Balaban J connectivity index is 1.77. The zero-order valence-electron chi connectivity index (χ0n) is 24.6. The van der Waals surface area contributed by atoms with Crippen LogP contribution in [0.1, 0.15) is 72.1 Å². The van der Waals surface area contributed by atoms with Crippen LogP contribution in [0.4, 0.5) is 5.13 Å². The maximum atomic E-state index is 13.6. The van der Waals surface area contributed by atoms with Gasteiger partial charge in [0.15, 0.2) is 5.13 Å². The number of anilines is 1. The predicted octanol–water partition coefficient (Wildman–Crippen LogP) is 6.78. The molecule has 1 amide bonds. The van der Waals surface area contributed by atoms with Crippen LogP contribution in [0.5, 0.6) is 11.5 Å². The van der Waals surface area contributed by atoms with Crippen molar-refractivity contribution >= 4 is 39.9 Å². The molecule has 1 fully saturated rings. The van der Waals surface area contributed by atoms with Crippen LogP contribution in [0.25, 0.3) is 5.76 Å². The van der Waals surface area contributed by atoms with Crippen LogP contribution in [0.15, 0.2) is 66.8 Å². The topological polar surface area (TPSA) is 115 Å². The van der Waals surface area contributed by atoms with Crippen molar-refractivity contribution in [2.45, 2.75) is 52.5 Å². The van der Waals surface area contributed by atoms with Gasteiger partial charge in [0.25, 0.3) is 5.78 Å². The number of aliphatic hydroxyl groups excluding tert-OH is 1. The molecule has 2 aromatic carbocycles. The molecular formula is C33H36N2O7S. The molecule has 226 valence electrons. The molecule has 1 aromatic heterocycles. The first-order chi connectivity index (χ1) is 20.8. The number of aryl methyl sites for hydroxylation is 1. The summed E-state index contributed by atoms with van der Waals surface area (Å²) in [4.78, 5) is 45.6. The number of ketones is 1. The summed E-state index contributed by atoms with van der Waals surface area (Å²) in [5.41, 5.74) is 1.18. The van der Waals surface area contributed by atoms with E-state index in [4.69, 9.17) is 14.2 Å². The van der Waals surface area contributed by atoms with E-state index in [2.05, 4.69) is 25.4 Å². The number of esters is 1. The molecule has 0 radical (unpaired) electrons. The number of hydrogen-bond donors (Lipinski definition) is 1. The van der Waals surface area contributed by atoms with Crippen molar-refractivity contribution in [1.29, 1.82) is 0 Å². The summed E-state index contributed by atoms with van der Waals surface area (Å²) in [6.45, 7) is 10.5. The van der Waals surface area contributed by atoms with Gasteiger partial charge in [0.2, 0.25) is 0 Å². The van der Waals surface area contributed by atoms with Crippen LogP contribution in [0.2, 0.25) is 0 Å². The molecule has 0 bridgehead atoms. The summed E-state index contributed by atoms with van der Waals surface area (Å²) >= 11 is 0.945. The van der Waals surface area contributed by atoms with Crippen LogP contribution in [0, 0.1) is 6.92 Å². The minimum Gasteiger partial charge on any atom is -0.507 e. The average Bonchev–Trinajstić information content (AvgIpc) is 3.52. The van der Waals surface area contributed by atoms with Crippen molar-refractivity contribution in [3.05, 3.63) is 88.5 Å². The Kier molecular flexibility index (Phi) is 10.7. The lowest BCUT2D eigenvalue weighted by molar-refractivity contribution is -0.132.